The average molecular weight is 238 g/mol. The van der Waals surface area contributed by atoms with Crippen LogP contribution in [-0.2, 0) is 6.54 Å². The molecule has 2 rings (SSSR count). The maximum absolute atomic E-state index is 9.04. The zero-order valence-corrected chi connectivity index (χ0v) is 10.4. The molecule has 2 aromatic rings. The Balaban J connectivity index is 2.15. The standard InChI is InChI=1S/C14H14N4/c1-10-3-4-12(8-15)14(7-10)17-9-13-5-6-16-11(2)18-13/h3-7,17H,9H2,1-2H3. The molecule has 1 aromatic carbocycles. The third kappa shape index (κ3) is 2.83. The van der Waals surface area contributed by atoms with Crippen molar-refractivity contribution in [2.75, 3.05) is 5.32 Å². The van der Waals surface area contributed by atoms with Gasteiger partial charge in [-0.3, -0.25) is 0 Å². The van der Waals surface area contributed by atoms with Crippen LogP contribution < -0.4 is 5.32 Å². The van der Waals surface area contributed by atoms with E-state index in [0.29, 0.717) is 12.1 Å². The molecule has 1 heterocycles. The first-order valence-electron chi connectivity index (χ1n) is 5.72. The molecule has 0 saturated heterocycles. The molecule has 90 valence electrons. The van der Waals surface area contributed by atoms with E-state index in [9.17, 15) is 0 Å². The number of aromatic nitrogens is 2. The Kier molecular flexibility index (Phi) is 3.54. The van der Waals surface area contributed by atoms with Gasteiger partial charge in [0.2, 0.25) is 0 Å². The van der Waals surface area contributed by atoms with Crippen LogP contribution in [0.4, 0.5) is 5.69 Å². The molecule has 0 saturated carbocycles. The van der Waals surface area contributed by atoms with Crippen LogP contribution in [0.5, 0.6) is 0 Å². The second-order valence-corrected chi connectivity index (χ2v) is 4.11. The van der Waals surface area contributed by atoms with Crippen molar-refractivity contribution in [3.8, 4) is 6.07 Å². The number of aryl methyl sites for hydroxylation is 2. The van der Waals surface area contributed by atoms with Gasteiger partial charge in [-0.15, -0.1) is 0 Å². The molecule has 4 heteroatoms. The third-order valence-corrected chi connectivity index (χ3v) is 2.59. The lowest BCUT2D eigenvalue weighted by molar-refractivity contribution is 0.955. The maximum atomic E-state index is 9.04. The smallest absolute Gasteiger partial charge is 0.125 e. The topological polar surface area (TPSA) is 61.6 Å². The summed E-state index contributed by atoms with van der Waals surface area (Å²) < 4.78 is 0. The molecule has 0 fully saturated rings. The van der Waals surface area contributed by atoms with Gasteiger partial charge >= 0.3 is 0 Å². The van der Waals surface area contributed by atoms with E-state index in [1.165, 1.54) is 0 Å². The Morgan fingerprint density at radius 2 is 2.11 bits per heavy atom. The average Bonchev–Trinajstić information content (AvgIpc) is 2.37. The van der Waals surface area contributed by atoms with Crippen LogP contribution >= 0.6 is 0 Å². The van der Waals surface area contributed by atoms with Gasteiger partial charge in [-0.05, 0) is 37.6 Å². The highest BCUT2D eigenvalue weighted by Crippen LogP contribution is 2.17. The van der Waals surface area contributed by atoms with Crippen LogP contribution in [0.3, 0.4) is 0 Å². The molecular weight excluding hydrogens is 224 g/mol. The summed E-state index contributed by atoms with van der Waals surface area (Å²) in [6.07, 6.45) is 1.74. The van der Waals surface area contributed by atoms with Crippen LogP contribution in [0.25, 0.3) is 0 Å². The molecule has 4 nitrogen and oxygen atoms in total. The van der Waals surface area contributed by atoms with Crippen molar-refractivity contribution in [3.63, 3.8) is 0 Å². The van der Waals surface area contributed by atoms with Crippen molar-refractivity contribution < 1.29 is 0 Å². The van der Waals surface area contributed by atoms with Gasteiger partial charge in [-0.25, -0.2) is 9.97 Å². The zero-order valence-electron chi connectivity index (χ0n) is 10.4. The lowest BCUT2D eigenvalue weighted by Gasteiger charge is -2.08. The van der Waals surface area contributed by atoms with Crippen LogP contribution in [0.2, 0.25) is 0 Å². The van der Waals surface area contributed by atoms with Gasteiger partial charge in [-0.1, -0.05) is 6.07 Å². The van der Waals surface area contributed by atoms with Crippen molar-refractivity contribution in [1.82, 2.24) is 9.97 Å². The van der Waals surface area contributed by atoms with Crippen molar-refractivity contribution in [2.24, 2.45) is 0 Å². The number of benzene rings is 1. The van der Waals surface area contributed by atoms with Gasteiger partial charge in [0.05, 0.1) is 23.5 Å². The van der Waals surface area contributed by atoms with Crippen LogP contribution in [0, 0.1) is 25.2 Å². The molecule has 0 aliphatic carbocycles. The van der Waals surface area contributed by atoms with Gasteiger partial charge in [0.1, 0.15) is 11.9 Å². The monoisotopic (exact) mass is 238 g/mol. The summed E-state index contributed by atoms with van der Waals surface area (Å²) in [6.45, 7) is 4.44. The lowest BCUT2D eigenvalue weighted by atomic mass is 10.1. The van der Waals surface area contributed by atoms with Crippen molar-refractivity contribution >= 4 is 5.69 Å². The molecule has 0 radical (unpaired) electrons. The summed E-state index contributed by atoms with van der Waals surface area (Å²) in [5, 5.41) is 12.3. The highest BCUT2D eigenvalue weighted by Gasteiger charge is 2.02. The Bertz CT molecular complexity index is 599. The molecule has 1 N–H and O–H groups in total. The number of hydrogen-bond donors (Lipinski definition) is 1. The van der Waals surface area contributed by atoms with E-state index in [2.05, 4.69) is 21.4 Å². The first kappa shape index (κ1) is 12.1. The predicted octanol–water partition coefficient (Wildman–Crippen LogP) is 2.58. The Labute approximate surface area is 106 Å². The second-order valence-electron chi connectivity index (χ2n) is 4.11. The SMILES string of the molecule is Cc1ccc(C#N)c(NCc2ccnc(C)n2)c1. The Morgan fingerprint density at radius 3 is 2.83 bits per heavy atom. The van der Waals surface area contributed by atoms with Gasteiger partial charge in [-0.2, -0.15) is 5.26 Å². The molecule has 0 spiro atoms. The van der Waals surface area contributed by atoms with Crippen LogP contribution in [-0.4, -0.2) is 9.97 Å². The van der Waals surface area contributed by atoms with Crippen molar-refractivity contribution in [2.45, 2.75) is 20.4 Å². The first-order chi connectivity index (χ1) is 8.69. The highest BCUT2D eigenvalue weighted by molar-refractivity contribution is 5.58. The third-order valence-electron chi connectivity index (χ3n) is 2.59. The van der Waals surface area contributed by atoms with Gasteiger partial charge in [0.25, 0.3) is 0 Å². The largest absolute Gasteiger partial charge is 0.378 e. The van der Waals surface area contributed by atoms with E-state index in [1.54, 1.807) is 6.20 Å². The van der Waals surface area contributed by atoms with Gasteiger partial charge < -0.3 is 5.32 Å². The minimum Gasteiger partial charge on any atom is -0.378 e. The molecule has 18 heavy (non-hydrogen) atoms. The minimum atomic E-state index is 0.585. The predicted molar refractivity (Wildman–Crippen MR) is 70.0 cm³/mol. The second kappa shape index (κ2) is 5.28. The van der Waals surface area contributed by atoms with Crippen molar-refractivity contribution in [3.05, 3.63) is 53.1 Å². The zero-order chi connectivity index (χ0) is 13.0. The summed E-state index contributed by atoms with van der Waals surface area (Å²) >= 11 is 0. The molecule has 0 unspecified atom stereocenters. The summed E-state index contributed by atoms with van der Waals surface area (Å²) in [7, 11) is 0. The highest BCUT2D eigenvalue weighted by atomic mass is 14.9. The van der Waals surface area contributed by atoms with Gasteiger partial charge in [0.15, 0.2) is 0 Å². The number of anilines is 1. The molecule has 0 aliphatic rings. The van der Waals surface area contributed by atoms with E-state index < -0.39 is 0 Å². The van der Waals surface area contributed by atoms with E-state index in [4.69, 9.17) is 5.26 Å². The number of nitrogens with zero attached hydrogens (tertiary/aromatic N) is 3. The van der Waals surface area contributed by atoms with Crippen LogP contribution in [0.1, 0.15) is 22.6 Å². The molecule has 0 amide bonds. The van der Waals surface area contributed by atoms with Gasteiger partial charge in [0, 0.05) is 6.20 Å². The van der Waals surface area contributed by atoms with E-state index in [0.717, 1.165) is 22.8 Å². The van der Waals surface area contributed by atoms with E-state index in [-0.39, 0.29) is 0 Å². The first-order valence-corrected chi connectivity index (χ1v) is 5.72. The van der Waals surface area contributed by atoms with E-state index >= 15 is 0 Å². The molecule has 0 atom stereocenters. The summed E-state index contributed by atoms with van der Waals surface area (Å²) in [5.74, 6) is 0.749. The summed E-state index contributed by atoms with van der Waals surface area (Å²) in [5.41, 5.74) is 3.52. The maximum Gasteiger partial charge on any atom is 0.125 e. The fraction of sp³-hybridized carbons (Fsp3) is 0.214. The number of nitriles is 1. The molecular formula is C14H14N4. The fourth-order valence-corrected chi connectivity index (χ4v) is 1.69. The van der Waals surface area contributed by atoms with E-state index in [1.807, 2.05) is 38.1 Å². The summed E-state index contributed by atoms with van der Waals surface area (Å²) in [4.78, 5) is 8.36. The minimum absolute atomic E-state index is 0.585. The van der Waals surface area contributed by atoms with Crippen molar-refractivity contribution in [1.29, 1.82) is 5.26 Å². The summed E-state index contributed by atoms with van der Waals surface area (Å²) in [6, 6.07) is 9.75. The number of rotatable bonds is 3. The molecule has 0 bridgehead atoms. The normalized spacial score (nSPS) is 9.83. The Morgan fingerprint density at radius 1 is 1.28 bits per heavy atom. The van der Waals surface area contributed by atoms with Crippen LogP contribution in [0.15, 0.2) is 30.5 Å². The fourth-order valence-electron chi connectivity index (χ4n) is 1.69. The Hall–Kier alpha value is -2.41. The quantitative estimate of drug-likeness (QED) is 0.892. The molecule has 0 aliphatic heterocycles. The number of nitrogens with one attached hydrogen (secondary N) is 1. The lowest BCUT2D eigenvalue weighted by Crippen LogP contribution is -2.04. The number of hydrogen-bond acceptors (Lipinski definition) is 4. The molecule has 1 aromatic heterocycles.